The lowest BCUT2D eigenvalue weighted by atomic mass is 10.2. The summed E-state index contributed by atoms with van der Waals surface area (Å²) in [6.07, 6.45) is 2.34. The Balaban J connectivity index is 1.91. The van der Waals surface area contributed by atoms with Crippen molar-refractivity contribution in [1.82, 2.24) is 4.98 Å². The van der Waals surface area contributed by atoms with Gasteiger partial charge in [-0.15, -0.1) is 0 Å². The van der Waals surface area contributed by atoms with Crippen molar-refractivity contribution < 1.29 is 4.79 Å². The Morgan fingerprint density at radius 1 is 1.26 bits per heavy atom. The Bertz CT molecular complexity index is 671. The largest absolute Gasteiger partial charge is 0.308 e. The van der Waals surface area contributed by atoms with Gasteiger partial charge in [0.05, 0.1) is 5.56 Å². The third-order valence-electron chi connectivity index (χ3n) is 3.26. The van der Waals surface area contributed by atoms with Gasteiger partial charge in [0.25, 0.3) is 5.91 Å². The van der Waals surface area contributed by atoms with Crippen LogP contribution in [0.3, 0.4) is 0 Å². The molecule has 0 saturated heterocycles. The van der Waals surface area contributed by atoms with E-state index in [0.29, 0.717) is 17.8 Å². The molecule has 0 spiro atoms. The van der Waals surface area contributed by atoms with Crippen LogP contribution < -0.4 is 4.90 Å². The molecule has 1 aromatic heterocycles. The van der Waals surface area contributed by atoms with Gasteiger partial charge in [-0.3, -0.25) is 4.79 Å². The lowest BCUT2D eigenvalue weighted by molar-refractivity contribution is 0.0989. The van der Waals surface area contributed by atoms with Gasteiger partial charge in [-0.2, -0.15) is 5.26 Å². The van der Waals surface area contributed by atoms with Crippen molar-refractivity contribution in [3.05, 3.63) is 59.4 Å². The molecule has 0 saturated carbocycles. The highest BCUT2D eigenvalue weighted by Crippen LogP contribution is 2.28. The number of hydrogen-bond acceptors (Lipinski definition) is 3. The number of fused-ring (bicyclic) bond motifs is 1. The summed E-state index contributed by atoms with van der Waals surface area (Å²) >= 11 is 0. The van der Waals surface area contributed by atoms with Crippen LogP contribution in [-0.4, -0.2) is 17.4 Å². The Labute approximate surface area is 110 Å². The summed E-state index contributed by atoms with van der Waals surface area (Å²) < 4.78 is 0. The van der Waals surface area contributed by atoms with Crippen molar-refractivity contribution in [1.29, 1.82) is 5.26 Å². The molecule has 1 aliphatic heterocycles. The van der Waals surface area contributed by atoms with Crippen LogP contribution in [0.2, 0.25) is 0 Å². The number of anilines is 1. The molecule has 0 N–H and O–H groups in total. The Kier molecular flexibility index (Phi) is 2.73. The van der Waals surface area contributed by atoms with Gasteiger partial charge in [-0.1, -0.05) is 18.2 Å². The summed E-state index contributed by atoms with van der Waals surface area (Å²) in [7, 11) is 0. The Morgan fingerprint density at radius 2 is 2.11 bits per heavy atom. The highest BCUT2D eigenvalue weighted by atomic mass is 16.2. The van der Waals surface area contributed by atoms with E-state index in [0.717, 1.165) is 12.1 Å². The zero-order valence-electron chi connectivity index (χ0n) is 10.2. The van der Waals surface area contributed by atoms with Gasteiger partial charge in [0, 0.05) is 18.4 Å². The molecule has 4 nitrogen and oxygen atoms in total. The van der Waals surface area contributed by atoms with Crippen molar-refractivity contribution in [2.24, 2.45) is 0 Å². The zero-order valence-corrected chi connectivity index (χ0v) is 10.2. The van der Waals surface area contributed by atoms with Crippen LogP contribution in [0, 0.1) is 11.3 Å². The van der Waals surface area contributed by atoms with E-state index in [1.54, 1.807) is 17.0 Å². The summed E-state index contributed by atoms with van der Waals surface area (Å²) in [6.45, 7) is 0.693. The maximum absolute atomic E-state index is 12.4. The second-order valence-corrected chi connectivity index (χ2v) is 4.38. The SMILES string of the molecule is N#Cc1ccc(C(=O)N2CCc3ccccc32)cn1. The molecule has 4 heteroatoms. The first-order chi connectivity index (χ1) is 9.29. The van der Waals surface area contributed by atoms with E-state index in [4.69, 9.17) is 5.26 Å². The molecular weight excluding hydrogens is 238 g/mol. The molecule has 2 heterocycles. The van der Waals surface area contributed by atoms with Crippen molar-refractivity contribution in [2.75, 3.05) is 11.4 Å². The normalized spacial score (nSPS) is 12.9. The number of hydrogen-bond donors (Lipinski definition) is 0. The lowest BCUT2D eigenvalue weighted by Gasteiger charge is -2.17. The zero-order chi connectivity index (χ0) is 13.2. The van der Waals surface area contributed by atoms with E-state index >= 15 is 0 Å². The molecule has 1 amide bonds. The van der Waals surface area contributed by atoms with Gasteiger partial charge in [-0.25, -0.2) is 4.98 Å². The fraction of sp³-hybridized carbons (Fsp3) is 0.133. The second kappa shape index (κ2) is 4.54. The lowest BCUT2D eigenvalue weighted by Crippen LogP contribution is -2.28. The van der Waals surface area contributed by atoms with E-state index in [2.05, 4.69) is 4.98 Å². The van der Waals surface area contributed by atoms with Gasteiger partial charge < -0.3 is 4.90 Å². The van der Waals surface area contributed by atoms with Crippen molar-refractivity contribution >= 4 is 11.6 Å². The topological polar surface area (TPSA) is 57.0 Å². The fourth-order valence-electron chi connectivity index (χ4n) is 2.29. The number of aromatic nitrogens is 1. The fourth-order valence-corrected chi connectivity index (χ4v) is 2.29. The smallest absolute Gasteiger partial charge is 0.259 e. The third-order valence-corrected chi connectivity index (χ3v) is 3.26. The van der Waals surface area contributed by atoms with E-state index in [1.165, 1.54) is 11.8 Å². The molecule has 19 heavy (non-hydrogen) atoms. The van der Waals surface area contributed by atoms with Crippen LogP contribution in [0.5, 0.6) is 0 Å². The van der Waals surface area contributed by atoms with Crippen molar-refractivity contribution in [3.63, 3.8) is 0 Å². The summed E-state index contributed by atoms with van der Waals surface area (Å²) in [5, 5.41) is 8.70. The van der Waals surface area contributed by atoms with Crippen LogP contribution in [0.4, 0.5) is 5.69 Å². The molecule has 1 aliphatic rings. The maximum atomic E-state index is 12.4. The number of rotatable bonds is 1. The number of carbonyl (C=O) groups is 1. The first-order valence-electron chi connectivity index (χ1n) is 6.05. The standard InChI is InChI=1S/C15H11N3O/c16-9-13-6-5-12(10-17-13)15(19)18-8-7-11-3-1-2-4-14(11)18/h1-6,10H,7-8H2. The summed E-state index contributed by atoms with van der Waals surface area (Å²) in [5.41, 5.74) is 2.99. The predicted molar refractivity (Wildman–Crippen MR) is 70.8 cm³/mol. The quantitative estimate of drug-likeness (QED) is 0.778. The van der Waals surface area contributed by atoms with Crippen LogP contribution >= 0.6 is 0 Å². The van der Waals surface area contributed by atoms with Crippen LogP contribution in [0.25, 0.3) is 0 Å². The Morgan fingerprint density at radius 3 is 2.84 bits per heavy atom. The van der Waals surface area contributed by atoms with E-state index in [1.807, 2.05) is 30.3 Å². The first-order valence-corrected chi connectivity index (χ1v) is 6.05. The number of benzene rings is 1. The molecule has 92 valence electrons. The summed E-state index contributed by atoms with van der Waals surface area (Å²) in [4.78, 5) is 18.1. The van der Waals surface area contributed by atoms with E-state index in [-0.39, 0.29) is 5.91 Å². The maximum Gasteiger partial charge on any atom is 0.259 e. The van der Waals surface area contributed by atoms with E-state index in [9.17, 15) is 4.79 Å². The van der Waals surface area contributed by atoms with Crippen LogP contribution in [0.15, 0.2) is 42.6 Å². The highest BCUT2D eigenvalue weighted by molar-refractivity contribution is 6.07. The average molecular weight is 249 g/mol. The van der Waals surface area contributed by atoms with E-state index < -0.39 is 0 Å². The highest BCUT2D eigenvalue weighted by Gasteiger charge is 2.25. The molecule has 0 atom stereocenters. The first kappa shape index (κ1) is 11.4. The molecule has 0 radical (unpaired) electrons. The number of carbonyl (C=O) groups excluding carboxylic acids is 1. The summed E-state index contributed by atoms with van der Waals surface area (Å²) in [5.74, 6) is -0.0676. The summed E-state index contributed by atoms with van der Waals surface area (Å²) in [6, 6.07) is 13.1. The monoisotopic (exact) mass is 249 g/mol. The minimum Gasteiger partial charge on any atom is -0.308 e. The number of nitriles is 1. The van der Waals surface area contributed by atoms with Crippen LogP contribution in [-0.2, 0) is 6.42 Å². The van der Waals surface area contributed by atoms with Gasteiger partial charge in [0.15, 0.2) is 0 Å². The number of amides is 1. The average Bonchev–Trinajstić information content (AvgIpc) is 2.90. The number of nitrogens with zero attached hydrogens (tertiary/aromatic N) is 3. The minimum absolute atomic E-state index is 0.0676. The second-order valence-electron chi connectivity index (χ2n) is 4.38. The molecule has 0 bridgehead atoms. The molecular formula is C15H11N3O. The molecule has 0 unspecified atom stereocenters. The van der Waals surface area contributed by atoms with Gasteiger partial charge in [0.1, 0.15) is 11.8 Å². The molecule has 0 fully saturated rings. The Hall–Kier alpha value is -2.67. The molecule has 0 aliphatic carbocycles. The minimum atomic E-state index is -0.0676. The molecule has 3 rings (SSSR count). The number of para-hydroxylation sites is 1. The molecule has 1 aromatic carbocycles. The van der Waals surface area contributed by atoms with Crippen molar-refractivity contribution in [2.45, 2.75) is 6.42 Å². The predicted octanol–water partition coefficient (Wildman–Crippen LogP) is 2.16. The molecule has 2 aromatic rings. The number of pyridine rings is 1. The van der Waals surface area contributed by atoms with Crippen LogP contribution in [0.1, 0.15) is 21.6 Å². The van der Waals surface area contributed by atoms with Crippen molar-refractivity contribution in [3.8, 4) is 6.07 Å². The van der Waals surface area contributed by atoms with Gasteiger partial charge in [-0.05, 0) is 30.2 Å². The van der Waals surface area contributed by atoms with Gasteiger partial charge in [0.2, 0.25) is 0 Å². The third kappa shape index (κ3) is 1.95. The van der Waals surface area contributed by atoms with Gasteiger partial charge >= 0.3 is 0 Å².